The minimum Gasteiger partial charge on any atom is -0.459 e. The summed E-state index contributed by atoms with van der Waals surface area (Å²) in [5.74, 6) is -0.287. The van der Waals surface area contributed by atoms with Crippen molar-refractivity contribution in [2.24, 2.45) is 0 Å². The van der Waals surface area contributed by atoms with Crippen LogP contribution in [0.4, 0.5) is 10.7 Å². The zero-order valence-electron chi connectivity index (χ0n) is 14.0. The third-order valence-corrected chi connectivity index (χ3v) is 4.90. The van der Waals surface area contributed by atoms with Gasteiger partial charge in [0.15, 0.2) is 5.76 Å². The highest BCUT2D eigenvalue weighted by molar-refractivity contribution is 7.18. The van der Waals surface area contributed by atoms with Gasteiger partial charge in [-0.3, -0.25) is 9.59 Å². The maximum atomic E-state index is 12.6. The molecule has 0 saturated heterocycles. The number of thiophene rings is 1. The Morgan fingerprint density at radius 1 is 1.08 bits per heavy atom. The third-order valence-electron chi connectivity index (χ3n) is 3.75. The first-order chi connectivity index (χ1) is 12.1. The van der Waals surface area contributed by atoms with Gasteiger partial charge in [0.1, 0.15) is 0 Å². The lowest BCUT2D eigenvalue weighted by Crippen LogP contribution is -2.12. The first-order valence-corrected chi connectivity index (χ1v) is 8.74. The number of para-hydroxylation sites is 1. The molecule has 0 atom stereocenters. The number of nitrogens with one attached hydrogen (secondary N) is 2. The lowest BCUT2D eigenvalue weighted by molar-refractivity contribution is 0.0995. The molecule has 3 rings (SSSR count). The van der Waals surface area contributed by atoms with Gasteiger partial charge in [-0.25, -0.2) is 0 Å². The number of carbonyl (C=O) groups excluding carboxylic acids is 2. The van der Waals surface area contributed by atoms with Crippen LogP contribution in [0.15, 0.2) is 53.1 Å². The van der Waals surface area contributed by atoms with E-state index < -0.39 is 0 Å². The zero-order chi connectivity index (χ0) is 17.8. The predicted octanol–water partition coefficient (Wildman–Crippen LogP) is 4.72. The Bertz CT molecular complexity index is 897. The van der Waals surface area contributed by atoms with Crippen molar-refractivity contribution in [3.63, 3.8) is 0 Å². The van der Waals surface area contributed by atoms with Crippen molar-refractivity contribution in [3.05, 3.63) is 70.5 Å². The summed E-state index contributed by atoms with van der Waals surface area (Å²) in [6.45, 7) is 3.89. The molecule has 6 heteroatoms. The second-order valence-corrected chi connectivity index (χ2v) is 6.57. The fourth-order valence-corrected chi connectivity index (χ4v) is 3.44. The van der Waals surface area contributed by atoms with Crippen LogP contribution in [0, 0.1) is 6.92 Å². The van der Waals surface area contributed by atoms with E-state index in [0.29, 0.717) is 9.88 Å². The number of hydrogen-bond acceptors (Lipinski definition) is 4. The average molecular weight is 354 g/mol. The van der Waals surface area contributed by atoms with E-state index in [9.17, 15) is 9.59 Å². The molecule has 1 aromatic carbocycles. The Balaban J connectivity index is 1.75. The molecule has 0 bridgehead atoms. The number of carbonyl (C=O) groups is 2. The molecular formula is C19H18N2O3S. The van der Waals surface area contributed by atoms with Crippen LogP contribution in [0.5, 0.6) is 0 Å². The van der Waals surface area contributed by atoms with Gasteiger partial charge >= 0.3 is 0 Å². The van der Waals surface area contributed by atoms with Gasteiger partial charge in [-0.2, -0.15) is 0 Å². The van der Waals surface area contributed by atoms with Gasteiger partial charge in [0, 0.05) is 5.69 Å². The van der Waals surface area contributed by atoms with Crippen LogP contribution in [-0.2, 0) is 6.42 Å². The summed E-state index contributed by atoms with van der Waals surface area (Å²) < 4.78 is 5.07. The van der Waals surface area contributed by atoms with Gasteiger partial charge < -0.3 is 15.1 Å². The molecule has 25 heavy (non-hydrogen) atoms. The highest BCUT2D eigenvalue weighted by Crippen LogP contribution is 2.28. The molecule has 0 spiro atoms. The molecule has 2 amide bonds. The average Bonchev–Trinajstić information content (AvgIpc) is 3.25. The molecule has 5 nitrogen and oxygen atoms in total. The second kappa shape index (κ2) is 7.36. The molecule has 2 heterocycles. The van der Waals surface area contributed by atoms with E-state index in [0.717, 1.165) is 23.2 Å². The van der Waals surface area contributed by atoms with Crippen molar-refractivity contribution < 1.29 is 14.0 Å². The normalized spacial score (nSPS) is 10.5. The number of hydrogen-bond donors (Lipinski definition) is 2. The van der Waals surface area contributed by atoms with Crippen molar-refractivity contribution in [2.45, 2.75) is 20.3 Å². The van der Waals surface area contributed by atoms with Gasteiger partial charge in [-0.1, -0.05) is 25.1 Å². The largest absolute Gasteiger partial charge is 0.459 e. The monoisotopic (exact) mass is 354 g/mol. The SMILES string of the molecule is CCc1ccccc1NC(=O)c1sc(NC(=O)c2ccco2)cc1C. The molecule has 0 aliphatic rings. The van der Waals surface area contributed by atoms with E-state index in [-0.39, 0.29) is 17.6 Å². The van der Waals surface area contributed by atoms with Crippen molar-refractivity contribution in [3.8, 4) is 0 Å². The summed E-state index contributed by atoms with van der Waals surface area (Å²) in [5, 5.41) is 6.31. The van der Waals surface area contributed by atoms with Crippen LogP contribution in [0.3, 0.4) is 0 Å². The molecule has 128 valence electrons. The maximum Gasteiger partial charge on any atom is 0.291 e. The van der Waals surface area contributed by atoms with Crippen LogP contribution < -0.4 is 10.6 Å². The smallest absolute Gasteiger partial charge is 0.291 e. The third kappa shape index (κ3) is 3.80. The first kappa shape index (κ1) is 17.0. The summed E-state index contributed by atoms with van der Waals surface area (Å²) >= 11 is 1.24. The molecule has 0 saturated carbocycles. The van der Waals surface area contributed by atoms with E-state index in [1.54, 1.807) is 18.2 Å². The Kier molecular flexibility index (Phi) is 5.00. The Hall–Kier alpha value is -2.86. The van der Waals surface area contributed by atoms with E-state index in [4.69, 9.17) is 4.42 Å². The molecule has 2 N–H and O–H groups in total. The second-order valence-electron chi connectivity index (χ2n) is 5.52. The predicted molar refractivity (Wildman–Crippen MR) is 99.5 cm³/mol. The molecule has 3 aromatic rings. The number of rotatable bonds is 5. The number of anilines is 2. The molecular weight excluding hydrogens is 336 g/mol. The van der Waals surface area contributed by atoms with Gasteiger partial charge in [-0.05, 0) is 48.7 Å². The van der Waals surface area contributed by atoms with Gasteiger partial charge in [0.2, 0.25) is 0 Å². The Labute approximate surface area is 149 Å². The molecule has 0 unspecified atom stereocenters. The summed E-state index contributed by atoms with van der Waals surface area (Å²) in [6, 6.07) is 12.7. The van der Waals surface area contributed by atoms with Crippen molar-refractivity contribution in [1.29, 1.82) is 0 Å². The topological polar surface area (TPSA) is 71.3 Å². The fraction of sp³-hybridized carbons (Fsp3) is 0.158. The summed E-state index contributed by atoms with van der Waals surface area (Å²) in [4.78, 5) is 25.2. The van der Waals surface area contributed by atoms with Crippen molar-refractivity contribution in [2.75, 3.05) is 10.6 Å². The van der Waals surface area contributed by atoms with Gasteiger partial charge in [0.25, 0.3) is 11.8 Å². The fourth-order valence-electron chi connectivity index (χ4n) is 2.48. The lowest BCUT2D eigenvalue weighted by atomic mass is 10.1. The van der Waals surface area contributed by atoms with Gasteiger partial charge in [-0.15, -0.1) is 11.3 Å². The molecule has 0 aliphatic carbocycles. The minimum absolute atomic E-state index is 0.179. The van der Waals surface area contributed by atoms with Crippen LogP contribution in [-0.4, -0.2) is 11.8 Å². The zero-order valence-corrected chi connectivity index (χ0v) is 14.8. The summed E-state index contributed by atoms with van der Waals surface area (Å²) in [5.41, 5.74) is 2.70. The van der Waals surface area contributed by atoms with Crippen molar-refractivity contribution in [1.82, 2.24) is 0 Å². The van der Waals surface area contributed by atoms with E-state index in [1.807, 2.05) is 38.1 Å². The number of furan rings is 1. The Morgan fingerprint density at radius 2 is 1.88 bits per heavy atom. The first-order valence-electron chi connectivity index (χ1n) is 7.93. The number of aryl methyl sites for hydroxylation is 2. The highest BCUT2D eigenvalue weighted by Gasteiger charge is 2.17. The number of amides is 2. The van der Waals surface area contributed by atoms with Crippen molar-refractivity contribution >= 4 is 33.8 Å². The number of benzene rings is 1. The van der Waals surface area contributed by atoms with Crippen LogP contribution in [0.2, 0.25) is 0 Å². The van der Waals surface area contributed by atoms with E-state index >= 15 is 0 Å². The minimum atomic E-state index is -0.338. The quantitative estimate of drug-likeness (QED) is 0.696. The van der Waals surface area contributed by atoms with E-state index in [1.165, 1.54) is 17.6 Å². The molecule has 0 aliphatic heterocycles. The van der Waals surface area contributed by atoms with E-state index in [2.05, 4.69) is 10.6 Å². The Morgan fingerprint density at radius 3 is 2.60 bits per heavy atom. The summed E-state index contributed by atoms with van der Waals surface area (Å²) in [7, 11) is 0. The van der Waals surface area contributed by atoms with Gasteiger partial charge in [0.05, 0.1) is 16.1 Å². The standard InChI is InChI=1S/C19H18N2O3S/c1-3-13-7-4-5-8-14(13)20-19(23)17-12(2)11-16(25-17)21-18(22)15-9-6-10-24-15/h4-11H,3H2,1-2H3,(H,20,23)(H,21,22). The molecule has 0 radical (unpaired) electrons. The summed E-state index contributed by atoms with van der Waals surface area (Å²) in [6.07, 6.45) is 2.28. The molecule has 2 aromatic heterocycles. The maximum absolute atomic E-state index is 12.6. The molecule has 0 fully saturated rings. The highest BCUT2D eigenvalue weighted by atomic mass is 32.1. The lowest BCUT2D eigenvalue weighted by Gasteiger charge is -2.09. The van der Waals surface area contributed by atoms with Crippen LogP contribution >= 0.6 is 11.3 Å². The van der Waals surface area contributed by atoms with Crippen LogP contribution in [0.1, 0.15) is 38.3 Å². The van der Waals surface area contributed by atoms with Crippen LogP contribution in [0.25, 0.3) is 0 Å².